The molecule has 21 heavy (non-hydrogen) atoms. The molecule has 0 saturated heterocycles. The number of aryl methyl sites for hydroxylation is 3. The Bertz CT molecular complexity index is 588. The molecular formula is C18H22FNS. The van der Waals surface area contributed by atoms with E-state index in [9.17, 15) is 4.39 Å². The largest absolute Gasteiger partial charge is 0.306 e. The fourth-order valence-electron chi connectivity index (χ4n) is 3.17. The zero-order valence-electron chi connectivity index (χ0n) is 12.7. The monoisotopic (exact) mass is 303 g/mol. The molecule has 3 rings (SSSR count). The van der Waals surface area contributed by atoms with Gasteiger partial charge in [-0.2, -0.15) is 0 Å². The fourth-order valence-corrected chi connectivity index (χ4v) is 4.54. The van der Waals surface area contributed by atoms with E-state index in [4.69, 9.17) is 0 Å². The van der Waals surface area contributed by atoms with Crippen molar-refractivity contribution in [3.8, 4) is 0 Å². The zero-order chi connectivity index (χ0) is 14.8. The van der Waals surface area contributed by atoms with E-state index in [0.717, 1.165) is 17.7 Å². The first-order valence-corrected chi connectivity index (χ1v) is 8.61. The van der Waals surface area contributed by atoms with Gasteiger partial charge in [-0.15, -0.1) is 11.3 Å². The maximum atomic E-state index is 13.7. The van der Waals surface area contributed by atoms with Crippen LogP contribution in [0.2, 0.25) is 0 Å². The first-order valence-electron chi connectivity index (χ1n) is 7.79. The van der Waals surface area contributed by atoms with Gasteiger partial charge in [0, 0.05) is 9.75 Å². The van der Waals surface area contributed by atoms with E-state index in [1.807, 2.05) is 18.3 Å². The van der Waals surface area contributed by atoms with Crippen molar-refractivity contribution < 1.29 is 4.39 Å². The molecule has 0 bridgehead atoms. The lowest BCUT2D eigenvalue weighted by molar-refractivity contribution is 0.605. The summed E-state index contributed by atoms with van der Waals surface area (Å²) in [5.74, 6) is -0.144. The van der Waals surface area contributed by atoms with Gasteiger partial charge in [-0.1, -0.05) is 13.0 Å². The van der Waals surface area contributed by atoms with Crippen molar-refractivity contribution in [2.24, 2.45) is 0 Å². The van der Waals surface area contributed by atoms with Crippen molar-refractivity contribution in [1.82, 2.24) is 5.32 Å². The smallest absolute Gasteiger partial charge is 0.123 e. The topological polar surface area (TPSA) is 12.0 Å². The molecular weight excluding hydrogens is 281 g/mol. The highest BCUT2D eigenvalue weighted by atomic mass is 32.1. The lowest BCUT2D eigenvalue weighted by atomic mass is 9.97. The Morgan fingerprint density at radius 2 is 2.00 bits per heavy atom. The highest BCUT2D eigenvalue weighted by Crippen LogP contribution is 2.35. The highest BCUT2D eigenvalue weighted by Gasteiger charge is 2.20. The van der Waals surface area contributed by atoms with Crippen LogP contribution in [-0.2, 0) is 12.8 Å². The van der Waals surface area contributed by atoms with Gasteiger partial charge in [-0.05, 0) is 74.0 Å². The third kappa shape index (κ3) is 3.19. The third-order valence-electron chi connectivity index (χ3n) is 4.11. The fraction of sp³-hybridized carbons (Fsp3) is 0.444. The molecule has 1 aromatic heterocycles. The maximum Gasteiger partial charge on any atom is 0.123 e. The molecule has 1 N–H and O–H groups in total. The summed E-state index contributed by atoms with van der Waals surface area (Å²) in [6.07, 6.45) is 5.01. The van der Waals surface area contributed by atoms with Crippen molar-refractivity contribution in [3.05, 3.63) is 56.5 Å². The van der Waals surface area contributed by atoms with Crippen molar-refractivity contribution in [2.75, 3.05) is 6.54 Å². The number of rotatable bonds is 4. The molecule has 0 saturated carbocycles. The summed E-state index contributed by atoms with van der Waals surface area (Å²) in [5, 5.41) is 3.52. The van der Waals surface area contributed by atoms with Crippen LogP contribution < -0.4 is 5.32 Å². The van der Waals surface area contributed by atoms with Crippen molar-refractivity contribution in [3.63, 3.8) is 0 Å². The van der Waals surface area contributed by atoms with Crippen LogP contribution in [0.15, 0.2) is 24.3 Å². The molecule has 3 heteroatoms. The number of thiophene rings is 1. The van der Waals surface area contributed by atoms with Gasteiger partial charge in [0.2, 0.25) is 0 Å². The lowest BCUT2D eigenvalue weighted by Gasteiger charge is -2.17. The molecule has 1 nitrogen and oxygen atoms in total. The minimum Gasteiger partial charge on any atom is -0.306 e. The van der Waals surface area contributed by atoms with Gasteiger partial charge in [-0.3, -0.25) is 0 Å². The van der Waals surface area contributed by atoms with Crippen molar-refractivity contribution in [2.45, 2.75) is 45.6 Å². The molecule has 1 aromatic carbocycles. The second-order valence-corrected chi connectivity index (χ2v) is 7.03. The van der Waals surface area contributed by atoms with Crippen LogP contribution in [0.4, 0.5) is 4.39 Å². The zero-order valence-corrected chi connectivity index (χ0v) is 13.5. The predicted octanol–water partition coefficient (Wildman–Crippen LogP) is 4.77. The molecule has 1 aliphatic rings. The summed E-state index contributed by atoms with van der Waals surface area (Å²) in [6, 6.07) is 7.80. The van der Waals surface area contributed by atoms with Crippen LogP contribution in [0.5, 0.6) is 0 Å². The summed E-state index contributed by atoms with van der Waals surface area (Å²) >= 11 is 1.90. The highest BCUT2D eigenvalue weighted by molar-refractivity contribution is 7.12. The Morgan fingerprint density at radius 1 is 1.19 bits per heavy atom. The predicted molar refractivity (Wildman–Crippen MR) is 87.6 cm³/mol. The summed E-state index contributed by atoms with van der Waals surface area (Å²) in [6.45, 7) is 4.94. The number of hydrogen-bond acceptors (Lipinski definition) is 2. The second-order valence-electron chi connectivity index (χ2n) is 5.86. The molecule has 1 heterocycles. The molecule has 0 spiro atoms. The van der Waals surface area contributed by atoms with Crippen molar-refractivity contribution >= 4 is 11.3 Å². The van der Waals surface area contributed by atoms with E-state index < -0.39 is 0 Å². The van der Waals surface area contributed by atoms with Gasteiger partial charge in [-0.25, -0.2) is 4.39 Å². The summed E-state index contributed by atoms with van der Waals surface area (Å²) in [4.78, 5) is 2.86. The standard InChI is InChI=1S/C18H22FNS/c1-3-20-18(14-8-12(2)9-15(19)10-14)17-11-13-6-4-5-7-16(13)21-17/h8-11,18,20H,3-7H2,1-2H3. The number of fused-ring (bicyclic) bond motifs is 1. The minimum atomic E-state index is -0.144. The van der Waals surface area contributed by atoms with Crippen LogP contribution in [0.25, 0.3) is 0 Å². The van der Waals surface area contributed by atoms with Gasteiger partial charge >= 0.3 is 0 Å². The van der Waals surface area contributed by atoms with Crippen LogP contribution in [0, 0.1) is 12.7 Å². The van der Waals surface area contributed by atoms with Gasteiger partial charge in [0.15, 0.2) is 0 Å². The van der Waals surface area contributed by atoms with E-state index in [2.05, 4.69) is 24.4 Å². The number of halogens is 1. The number of nitrogens with one attached hydrogen (secondary N) is 1. The van der Waals surface area contributed by atoms with Gasteiger partial charge < -0.3 is 5.32 Å². The molecule has 2 aromatic rings. The molecule has 0 radical (unpaired) electrons. The van der Waals surface area contributed by atoms with E-state index in [-0.39, 0.29) is 11.9 Å². The Morgan fingerprint density at radius 3 is 2.71 bits per heavy atom. The minimum absolute atomic E-state index is 0.111. The Hall–Kier alpha value is -1.19. The Balaban J connectivity index is 1.98. The molecule has 0 fully saturated rings. The van der Waals surface area contributed by atoms with Crippen LogP contribution in [0.1, 0.15) is 52.3 Å². The molecule has 0 amide bonds. The lowest BCUT2D eigenvalue weighted by Crippen LogP contribution is -2.21. The summed E-state index contributed by atoms with van der Waals surface area (Å²) in [7, 11) is 0. The molecule has 0 aliphatic heterocycles. The van der Waals surface area contributed by atoms with Crippen molar-refractivity contribution in [1.29, 1.82) is 0 Å². The molecule has 1 aliphatic carbocycles. The average Bonchev–Trinajstić information content (AvgIpc) is 2.87. The Labute approximate surface area is 130 Å². The number of hydrogen-bond donors (Lipinski definition) is 1. The van der Waals surface area contributed by atoms with E-state index in [1.165, 1.54) is 41.0 Å². The summed E-state index contributed by atoms with van der Waals surface area (Å²) < 4.78 is 13.7. The first-order chi connectivity index (χ1) is 10.2. The second kappa shape index (κ2) is 6.29. The van der Waals surface area contributed by atoms with Gasteiger partial charge in [0.25, 0.3) is 0 Å². The maximum absolute atomic E-state index is 13.7. The van der Waals surface area contributed by atoms with Gasteiger partial charge in [0.05, 0.1) is 6.04 Å². The molecule has 1 unspecified atom stereocenters. The van der Waals surface area contributed by atoms with E-state index >= 15 is 0 Å². The quantitative estimate of drug-likeness (QED) is 0.857. The van der Waals surface area contributed by atoms with Crippen LogP contribution in [0.3, 0.4) is 0 Å². The van der Waals surface area contributed by atoms with Crippen LogP contribution in [-0.4, -0.2) is 6.54 Å². The molecule has 1 atom stereocenters. The SMILES string of the molecule is CCNC(c1cc(C)cc(F)c1)c1cc2c(s1)CCCC2. The van der Waals surface area contributed by atoms with E-state index in [1.54, 1.807) is 12.1 Å². The third-order valence-corrected chi connectivity index (χ3v) is 5.41. The van der Waals surface area contributed by atoms with E-state index in [0.29, 0.717) is 0 Å². The number of benzene rings is 1. The van der Waals surface area contributed by atoms with Crippen LogP contribution >= 0.6 is 11.3 Å². The first kappa shape index (κ1) is 14.7. The average molecular weight is 303 g/mol. The normalized spacial score (nSPS) is 15.8. The Kier molecular flexibility index (Phi) is 4.41. The molecule has 112 valence electrons. The van der Waals surface area contributed by atoms with Gasteiger partial charge in [0.1, 0.15) is 5.82 Å². The summed E-state index contributed by atoms with van der Waals surface area (Å²) in [5.41, 5.74) is 3.53.